The molecule has 0 aliphatic rings. The third-order valence-electron chi connectivity index (χ3n) is 1.32. The molecule has 13 heavy (non-hydrogen) atoms. The Bertz CT molecular complexity index is 394. The summed E-state index contributed by atoms with van der Waals surface area (Å²) in [5.41, 5.74) is 0. The zero-order valence-electron chi connectivity index (χ0n) is 6.47. The lowest BCUT2D eigenvalue weighted by Crippen LogP contribution is -1.65. The Morgan fingerprint density at radius 3 is 3.08 bits per heavy atom. The fraction of sp³-hybridized carbons (Fsp3) is 0. The highest BCUT2D eigenvalue weighted by Gasteiger charge is 2.04. The summed E-state index contributed by atoms with van der Waals surface area (Å²) in [6, 6.07) is 3.66. The van der Waals surface area contributed by atoms with Gasteiger partial charge in [0, 0.05) is 0 Å². The van der Waals surface area contributed by atoms with Crippen LogP contribution in [0.25, 0.3) is 0 Å². The maximum atomic E-state index is 10.4. The van der Waals surface area contributed by atoms with Gasteiger partial charge in [-0.3, -0.25) is 4.79 Å². The van der Waals surface area contributed by atoms with Crippen molar-refractivity contribution in [2.24, 2.45) is 0 Å². The molecule has 2 aromatic rings. The van der Waals surface area contributed by atoms with Crippen molar-refractivity contribution >= 4 is 29.4 Å². The van der Waals surface area contributed by atoms with Crippen LogP contribution in [0.15, 0.2) is 38.4 Å². The Kier molecular flexibility index (Phi) is 2.47. The summed E-state index contributed by atoms with van der Waals surface area (Å²) in [6.45, 7) is 0. The number of nitrogens with zero attached hydrogens (tertiary/aromatic N) is 1. The molecule has 0 fully saturated rings. The summed E-state index contributed by atoms with van der Waals surface area (Å²) < 4.78 is 6.05. The lowest BCUT2D eigenvalue weighted by molar-refractivity contribution is 0.112. The van der Waals surface area contributed by atoms with E-state index in [1.54, 1.807) is 12.3 Å². The normalized spacial score (nSPS) is 10.2. The summed E-state index contributed by atoms with van der Waals surface area (Å²) >= 11 is 2.84. The van der Waals surface area contributed by atoms with Crippen LogP contribution in [0.3, 0.4) is 0 Å². The summed E-state index contributed by atoms with van der Waals surface area (Å²) in [6.07, 6.45) is 3.96. The van der Waals surface area contributed by atoms with Gasteiger partial charge < -0.3 is 4.42 Å². The number of hydrogen-bond acceptors (Lipinski definition) is 5. The highest BCUT2D eigenvalue weighted by Crippen LogP contribution is 2.31. The monoisotopic (exact) mass is 211 g/mol. The van der Waals surface area contributed by atoms with Crippen molar-refractivity contribution in [1.29, 1.82) is 0 Å². The highest BCUT2D eigenvalue weighted by molar-refractivity contribution is 8.01. The van der Waals surface area contributed by atoms with Gasteiger partial charge in [0.2, 0.25) is 0 Å². The molecule has 0 aliphatic carbocycles. The second kappa shape index (κ2) is 3.76. The largest absolute Gasteiger partial charge is 0.440 e. The molecule has 5 heteroatoms. The minimum Gasteiger partial charge on any atom is -0.440 e. The Morgan fingerprint density at radius 2 is 2.46 bits per heavy atom. The van der Waals surface area contributed by atoms with Crippen LogP contribution in [0.5, 0.6) is 0 Å². The van der Waals surface area contributed by atoms with E-state index in [2.05, 4.69) is 4.98 Å². The third kappa shape index (κ3) is 1.99. The van der Waals surface area contributed by atoms with Crippen molar-refractivity contribution in [2.75, 3.05) is 0 Å². The minimum atomic E-state index is 0.597. The van der Waals surface area contributed by atoms with Crippen LogP contribution >= 0.6 is 23.1 Å². The first-order valence-corrected chi connectivity index (χ1v) is 5.14. The van der Waals surface area contributed by atoms with Crippen molar-refractivity contribution in [1.82, 2.24) is 4.98 Å². The Labute approximate surface area is 82.8 Å². The van der Waals surface area contributed by atoms with E-state index in [1.807, 2.05) is 6.07 Å². The van der Waals surface area contributed by atoms with Crippen LogP contribution in [0.1, 0.15) is 9.67 Å². The zero-order valence-corrected chi connectivity index (χ0v) is 8.10. The number of hydrogen-bond donors (Lipinski definition) is 0. The van der Waals surface area contributed by atoms with Gasteiger partial charge in [-0.2, -0.15) is 0 Å². The Morgan fingerprint density at radius 1 is 1.54 bits per heavy atom. The first-order chi connectivity index (χ1) is 6.38. The van der Waals surface area contributed by atoms with Gasteiger partial charge >= 0.3 is 0 Å². The van der Waals surface area contributed by atoms with Gasteiger partial charge in [-0.15, -0.1) is 11.3 Å². The molecule has 0 N–H and O–H groups in total. The number of aldehydes is 1. The molecule has 0 aliphatic heterocycles. The number of carbonyl (C=O) groups is 1. The van der Waals surface area contributed by atoms with Gasteiger partial charge in [0.15, 0.2) is 6.29 Å². The fourth-order valence-corrected chi connectivity index (χ4v) is 2.55. The van der Waals surface area contributed by atoms with Crippen molar-refractivity contribution < 1.29 is 9.21 Å². The van der Waals surface area contributed by atoms with Crippen LogP contribution in [0.2, 0.25) is 0 Å². The Balaban J connectivity index is 2.14. The van der Waals surface area contributed by atoms with E-state index >= 15 is 0 Å². The van der Waals surface area contributed by atoms with E-state index in [0.717, 1.165) is 10.5 Å². The van der Waals surface area contributed by atoms with Crippen LogP contribution in [0, 0.1) is 0 Å². The Hall–Kier alpha value is -1.07. The van der Waals surface area contributed by atoms with Gasteiger partial charge in [0.25, 0.3) is 5.22 Å². The zero-order chi connectivity index (χ0) is 9.10. The van der Waals surface area contributed by atoms with E-state index in [0.29, 0.717) is 10.1 Å². The topological polar surface area (TPSA) is 43.1 Å². The van der Waals surface area contributed by atoms with Crippen LogP contribution in [0.4, 0.5) is 0 Å². The average molecular weight is 211 g/mol. The van der Waals surface area contributed by atoms with Gasteiger partial charge in [-0.25, -0.2) is 4.98 Å². The molecule has 2 heterocycles. The maximum Gasteiger partial charge on any atom is 0.261 e. The SMILES string of the molecule is O=Cc1ccc(Sc2ncco2)s1. The van der Waals surface area contributed by atoms with Crippen LogP contribution in [-0.4, -0.2) is 11.3 Å². The first-order valence-electron chi connectivity index (χ1n) is 3.51. The number of oxazole rings is 1. The van der Waals surface area contributed by atoms with Crippen LogP contribution < -0.4 is 0 Å². The second-order valence-electron chi connectivity index (χ2n) is 2.17. The van der Waals surface area contributed by atoms with Gasteiger partial charge in [-0.05, 0) is 23.9 Å². The standard InChI is InChI=1S/C8H5NO2S2/c10-5-6-1-2-7(12-6)13-8-9-3-4-11-8/h1-5H. The van der Waals surface area contributed by atoms with E-state index in [9.17, 15) is 4.79 Å². The average Bonchev–Trinajstić information content (AvgIpc) is 2.76. The summed E-state index contributed by atoms with van der Waals surface area (Å²) in [4.78, 5) is 15.1. The molecule has 0 unspecified atom stereocenters. The molecule has 66 valence electrons. The molecule has 0 spiro atoms. The molecule has 0 amide bonds. The summed E-state index contributed by atoms with van der Waals surface area (Å²) in [5, 5.41) is 0.597. The van der Waals surface area contributed by atoms with E-state index < -0.39 is 0 Å². The third-order valence-corrected chi connectivity index (χ3v) is 3.33. The quantitative estimate of drug-likeness (QED) is 0.732. The lowest BCUT2D eigenvalue weighted by Gasteiger charge is -1.87. The maximum absolute atomic E-state index is 10.4. The first kappa shape index (κ1) is 8.52. The molecule has 0 aromatic carbocycles. The number of carbonyl (C=O) groups excluding carboxylic acids is 1. The van der Waals surface area contributed by atoms with Crippen LogP contribution in [-0.2, 0) is 0 Å². The van der Waals surface area contributed by atoms with Crippen molar-refractivity contribution in [3.63, 3.8) is 0 Å². The van der Waals surface area contributed by atoms with Gasteiger partial charge in [0.1, 0.15) is 6.26 Å². The summed E-state index contributed by atoms with van der Waals surface area (Å²) in [5.74, 6) is 0. The number of aromatic nitrogens is 1. The minimum absolute atomic E-state index is 0.597. The molecule has 0 saturated carbocycles. The number of thiophene rings is 1. The van der Waals surface area contributed by atoms with Crippen molar-refractivity contribution in [3.05, 3.63) is 29.5 Å². The summed E-state index contributed by atoms with van der Waals surface area (Å²) in [7, 11) is 0. The van der Waals surface area contributed by atoms with Crippen molar-refractivity contribution in [2.45, 2.75) is 9.43 Å². The highest BCUT2D eigenvalue weighted by atomic mass is 32.2. The molecular weight excluding hydrogens is 206 g/mol. The molecule has 0 atom stereocenters. The predicted molar refractivity (Wildman–Crippen MR) is 50.3 cm³/mol. The molecule has 0 bridgehead atoms. The molecule has 0 saturated heterocycles. The molecule has 2 aromatic heterocycles. The van der Waals surface area contributed by atoms with Gasteiger partial charge in [0.05, 0.1) is 15.3 Å². The van der Waals surface area contributed by atoms with E-state index in [1.165, 1.54) is 29.4 Å². The smallest absolute Gasteiger partial charge is 0.261 e. The molecule has 2 rings (SSSR count). The molecular formula is C8H5NO2S2. The second-order valence-corrected chi connectivity index (χ2v) is 4.54. The van der Waals surface area contributed by atoms with E-state index in [4.69, 9.17) is 4.42 Å². The van der Waals surface area contributed by atoms with Gasteiger partial charge in [-0.1, -0.05) is 0 Å². The molecule has 3 nitrogen and oxygen atoms in total. The lowest BCUT2D eigenvalue weighted by atomic mass is 10.5. The predicted octanol–water partition coefficient (Wildman–Crippen LogP) is 2.70. The van der Waals surface area contributed by atoms with E-state index in [-0.39, 0.29) is 0 Å². The number of rotatable bonds is 3. The fourth-order valence-electron chi connectivity index (χ4n) is 0.799. The molecule has 0 radical (unpaired) electrons. The van der Waals surface area contributed by atoms with Crippen molar-refractivity contribution in [3.8, 4) is 0 Å².